The maximum Gasteiger partial charge on any atom is 0.274 e. The number of hydrogen-bond donors (Lipinski definition) is 1. The molecule has 0 fully saturated rings. The van der Waals surface area contributed by atoms with Gasteiger partial charge in [0.1, 0.15) is 11.5 Å². The highest BCUT2D eigenvalue weighted by molar-refractivity contribution is 6.03. The van der Waals surface area contributed by atoms with Crippen LogP contribution in [0.3, 0.4) is 0 Å². The van der Waals surface area contributed by atoms with Gasteiger partial charge in [0.2, 0.25) is 0 Å². The highest BCUT2D eigenvalue weighted by Gasteiger charge is 2.22. The van der Waals surface area contributed by atoms with Crippen molar-refractivity contribution in [1.82, 2.24) is 9.78 Å². The lowest BCUT2D eigenvalue weighted by molar-refractivity contribution is -0.384. The molecular weight excluding hydrogens is 303 g/mol. The number of halogens is 1. The first-order chi connectivity index (χ1) is 10.6. The van der Waals surface area contributed by atoms with Gasteiger partial charge in [0.05, 0.1) is 16.3 Å². The number of nitro groups is 1. The van der Waals surface area contributed by atoms with E-state index in [0.29, 0.717) is 5.69 Å². The highest BCUT2D eigenvalue weighted by atomic mass is 19.1. The summed E-state index contributed by atoms with van der Waals surface area (Å²) >= 11 is 0. The number of benzene rings is 1. The lowest BCUT2D eigenvalue weighted by Gasteiger charge is -2.13. The fraction of sp³-hybridized carbons (Fsp3) is 0.333. The van der Waals surface area contributed by atoms with Gasteiger partial charge in [0.25, 0.3) is 11.6 Å². The molecule has 0 atom stereocenters. The van der Waals surface area contributed by atoms with Crippen LogP contribution in [-0.2, 0) is 12.5 Å². The summed E-state index contributed by atoms with van der Waals surface area (Å²) in [5, 5.41) is 17.4. The molecule has 0 aliphatic rings. The molecule has 7 nitrogen and oxygen atoms in total. The number of nitrogens with one attached hydrogen (secondary N) is 1. The molecule has 0 unspecified atom stereocenters. The number of carbonyl (C=O) groups excluding carboxylic acids is 1. The Morgan fingerprint density at radius 2 is 2.00 bits per heavy atom. The molecule has 2 aromatic rings. The summed E-state index contributed by atoms with van der Waals surface area (Å²) in [5.74, 6) is -1.34. The molecule has 122 valence electrons. The van der Waals surface area contributed by atoms with Crippen molar-refractivity contribution in [3.8, 4) is 0 Å². The predicted octanol–water partition coefficient (Wildman–Crippen LogP) is 3.02. The van der Waals surface area contributed by atoms with Crippen molar-refractivity contribution in [2.24, 2.45) is 7.05 Å². The first kappa shape index (κ1) is 16.6. The summed E-state index contributed by atoms with van der Waals surface area (Å²) in [7, 11) is 1.61. The maximum atomic E-state index is 13.7. The van der Waals surface area contributed by atoms with Gasteiger partial charge >= 0.3 is 0 Å². The zero-order valence-electron chi connectivity index (χ0n) is 13.3. The van der Waals surface area contributed by atoms with Crippen LogP contribution in [0.5, 0.6) is 0 Å². The van der Waals surface area contributed by atoms with E-state index in [2.05, 4.69) is 10.4 Å². The van der Waals surface area contributed by atoms with E-state index >= 15 is 0 Å². The molecule has 23 heavy (non-hydrogen) atoms. The number of aromatic nitrogens is 2. The van der Waals surface area contributed by atoms with Crippen LogP contribution in [-0.4, -0.2) is 20.6 Å². The van der Waals surface area contributed by atoms with E-state index in [-0.39, 0.29) is 22.5 Å². The number of nitro benzene ring substituents is 1. The summed E-state index contributed by atoms with van der Waals surface area (Å²) < 4.78 is 15.1. The zero-order chi connectivity index (χ0) is 17.4. The van der Waals surface area contributed by atoms with Gasteiger partial charge in [-0.05, 0) is 12.1 Å². The third kappa shape index (κ3) is 3.53. The molecule has 0 aliphatic carbocycles. The fourth-order valence-electron chi connectivity index (χ4n) is 1.96. The van der Waals surface area contributed by atoms with Crippen LogP contribution in [0.4, 0.5) is 15.8 Å². The topological polar surface area (TPSA) is 90.1 Å². The van der Waals surface area contributed by atoms with Gasteiger partial charge in [-0.2, -0.15) is 5.10 Å². The predicted molar refractivity (Wildman–Crippen MR) is 82.9 cm³/mol. The monoisotopic (exact) mass is 320 g/mol. The molecule has 0 saturated carbocycles. The minimum absolute atomic E-state index is 0.237. The van der Waals surface area contributed by atoms with E-state index in [0.717, 1.165) is 18.2 Å². The number of anilines is 1. The number of amides is 1. The van der Waals surface area contributed by atoms with Crippen molar-refractivity contribution in [2.75, 3.05) is 5.32 Å². The summed E-state index contributed by atoms with van der Waals surface area (Å²) in [4.78, 5) is 22.4. The van der Waals surface area contributed by atoms with Crippen molar-refractivity contribution in [2.45, 2.75) is 26.2 Å². The second-order valence-electron chi connectivity index (χ2n) is 6.16. The van der Waals surface area contributed by atoms with E-state index in [9.17, 15) is 19.3 Å². The summed E-state index contributed by atoms with van der Waals surface area (Å²) in [6, 6.07) is 4.57. The Morgan fingerprint density at radius 1 is 1.35 bits per heavy atom. The molecule has 0 saturated heterocycles. The van der Waals surface area contributed by atoms with E-state index < -0.39 is 16.6 Å². The molecule has 1 N–H and O–H groups in total. The molecule has 0 aliphatic heterocycles. The third-order valence-electron chi connectivity index (χ3n) is 3.29. The molecule has 1 aromatic heterocycles. The number of nitrogens with zero attached hydrogens (tertiary/aromatic N) is 3. The summed E-state index contributed by atoms with van der Waals surface area (Å²) in [6.45, 7) is 5.87. The highest BCUT2D eigenvalue weighted by Crippen LogP contribution is 2.24. The van der Waals surface area contributed by atoms with E-state index in [4.69, 9.17) is 0 Å². The number of rotatable bonds is 3. The Labute approximate surface area is 132 Å². The van der Waals surface area contributed by atoms with Crippen LogP contribution in [0, 0.1) is 15.9 Å². The Bertz CT molecular complexity index is 778. The normalized spacial score (nSPS) is 11.3. The number of hydrogen-bond acceptors (Lipinski definition) is 4. The van der Waals surface area contributed by atoms with E-state index in [1.54, 1.807) is 13.1 Å². The van der Waals surface area contributed by atoms with Crippen molar-refractivity contribution in [1.29, 1.82) is 0 Å². The van der Waals surface area contributed by atoms with Crippen LogP contribution in [0.15, 0.2) is 24.3 Å². The lowest BCUT2D eigenvalue weighted by atomic mass is 9.92. The first-order valence-corrected chi connectivity index (χ1v) is 6.89. The molecule has 0 radical (unpaired) electrons. The van der Waals surface area contributed by atoms with Gasteiger partial charge in [-0.3, -0.25) is 19.6 Å². The Balaban J connectivity index is 2.31. The molecule has 1 amide bonds. The zero-order valence-corrected chi connectivity index (χ0v) is 13.3. The molecule has 0 bridgehead atoms. The minimum Gasteiger partial charge on any atom is -0.318 e. The number of non-ortho nitro benzene ring substituents is 1. The van der Waals surface area contributed by atoms with Crippen LogP contribution in [0.2, 0.25) is 0 Å². The largest absolute Gasteiger partial charge is 0.318 e. The van der Waals surface area contributed by atoms with E-state index in [1.807, 2.05) is 20.8 Å². The molecule has 2 rings (SSSR count). The standard InChI is InChI=1S/C15H17FN4O3/c1-15(2,3)13-8-12(19(4)18-13)14(21)17-11-7-9(20(22)23)5-6-10(11)16/h5-8H,1-4H3,(H,17,21). The van der Waals surface area contributed by atoms with Gasteiger partial charge in [-0.1, -0.05) is 20.8 Å². The van der Waals surface area contributed by atoms with Crippen molar-refractivity contribution in [3.05, 3.63) is 51.6 Å². The second kappa shape index (κ2) is 5.79. The Kier molecular flexibility index (Phi) is 4.18. The van der Waals surface area contributed by atoms with Crippen LogP contribution < -0.4 is 5.32 Å². The Hall–Kier alpha value is -2.77. The lowest BCUT2D eigenvalue weighted by Crippen LogP contribution is -2.17. The SMILES string of the molecule is Cn1nc(C(C)(C)C)cc1C(=O)Nc1cc([N+](=O)[O-])ccc1F. The number of carbonyl (C=O) groups is 1. The van der Waals surface area contributed by atoms with E-state index in [1.165, 1.54) is 4.68 Å². The smallest absolute Gasteiger partial charge is 0.274 e. The van der Waals surface area contributed by atoms with Gasteiger partial charge in [-0.15, -0.1) is 0 Å². The molecular formula is C15H17FN4O3. The van der Waals surface area contributed by atoms with Crippen molar-refractivity contribution < 1.29 is 14.1 Å². The molecule has 8 heteroatoms. The van der Waals surface area contributed by atoms with Crippen molar-refractivity contribution in [3.63, 3.8) is 0 Å². The maximum absolute atomic E-state index is 13.7. The van der Waals surface area contributed by atoms with Crippen LogP contribution in [0.25, 0.3) is 0 Å². The quantitative estimate of drug-likeness (QED) is 0.695. The average Bonchev–Trinajstić information content (AvgIpc) is 2.83. The minimum atomic E-state index is -0.748. The van der Waals surface area contributed by atoms with Gasteiger partial charge in [0, 0.05) is 24.6 Å². The Morgan fingerprint density at radius 3 is 2.52 bits per heavy atom. The number of aryl methyl sites for hydroxylation is 1. The van der Waals surface area contributed by atoms with Crippen LogP contribution in [0.1, 0.15) is 37.0 Å². The average molecular weight is 320 g/mol. The third-order valence-corrected chi connectivity index (χ3v) is 3.29. The van der Waals surface area contributed by atoms with Gasteiger partial charge in [-0.25, -0.2) is 4.39 Å². The summed E-state index contributed by atoms with van der Waals surface area (Å²) in [6.07, 6.45) is 0. The first-order valence-electron chi connectivity index (χ1n) is 6.89. The van der Waals surface area contributed by atoms with Gasteiger partial charge in [0.15, 0.2) is 0 Å². The molecule has 0 spiro atoms. The molecule has 1 aromatic carbocycles. The molecule has 1 heterocycles. The van der Waals surface area contributed by atoms with Crippen molar-refractivity contribution >= 4 is 17.3 Å². The fourth-order valence-corrected chi connectivity index (χ4v) is 1.96. The second-order valence-corrected chi connectivity index (χ2v) is 6.16. The van der Waals surface area contributed by atoms with Crippen LogP contribution >= 0.6 is 0 Å². The summed E-state index contributed by atoms with van der Waals surface area (Å²) in [5.41, 5.74) is 0.155. The van der Waals surface area contributed by atoms with Gasteiger partial charge < -0.3 is 5.32 Å².